The number of nitrogens with zero attached hydrogens (tertiary/aromatic N) is 3. The minimum Gasteiger partial charge on any atom is -0.377 e. The molecule has 2 aliphatic heterocycles. The fourth-order valence-electron chi connectivity index (χ4n) is 3.46. The maximum atomic E-state index is 13.0. The Bertz CT molecular complexity index is 648. The molecule has 0 aliphatic carbocycles. The molecule has 2 fully saturated rings. The molecule has 0 spiro atoms. The summed E-state index contributed by atoms with van der Waals surface area (Å²) in [6.07, 6.45) is 3.16. The Morgan fingerprint density at radius 1 is 1.14 bits per heavy atom. The first-order chi connectivity index (χ1) is 10.8. The number of nitrogens with one attached hydrogen (secondary N) is 1. The molecule has 2 aliphatic rings. The highest BCUT2D eigenvalue weighted by atomic mass is 16.5. The largest absolute Gasteiger partial charge is 0.377 e. The van der Waals surface area contributed by atoms with Crippen LogP contribution in [0.1, 0.15) is 29.8 Å². The fourth-order valence-corrected chi connectivity index (χ4v) is 3.46. The molecular weight excluding hydrogens is 280 g/mol. The van der Waals surface area contributed by atoms with Gasteiger partial charge in [-0.25, -0.2) is 0 Å². The van der Waals surface area contributed by atoms with Crippen molar-refractivity contribution in [3.8, 4) is 11.3 Å². The summed E-state index contributed by atoms with van der Waals surface area (Å²) in [5.74, 6) is -0.0365. The highest BCUT2D eigenvalue weighted by molar-refractivity contribution is 5.98. The summed E-state index contributed by atoms with van der Waals surface area (Å²) in [5.41, 5.74) is 1.93. The van der Waals surface area contributed by atoms with Gasteiger partial charge in [0.1, 0.15) is 5.69 Å². The number of hydrogen-bond acceptors (Lipinski definition) is 4. The van der Waals surface area contributed by atoms with E-state index >= 15 is 0 Å². The van der Waals surface area contributed by atoms with Crippen molar-refractivity contribution in [3.05, 3.63) is 36.0 Å². The van der Waals surface area contributed by atoms with Gasteiger partial charge in [-0.15, -0.1) is 0 Å². The number of carbonyl (C=O) groups excluding carboxylic acids is 1. The summed E-state index contributed by atoms with van der Waals surface area (Å²) < 4.78 is 5.61. The molecule has 2 atom stereocenters. The van der Waals surface area contributed by atoms with E-state index in [1.165, 1.54) is 0 Å². The number of H-pyrrole nitrogens is 1. The van der Waals surface area contributed by atoms with Gasteiger partial charge < -0.3 is 9.64 Å². The van der Waals surface area contributed by atoms with E-state index in [1.807, 2.05) is 35.2 Å². The number of rotatable bonds is 2. The molecule has 1 aromatic carbocycles. The van der Waals surface area contributed by atoms with Gasteiger partial charge in [0.2, 0.25) is 0 Å². The number of benzene rings is 1. The molecule has 0 radical (unpaired) electrons. The molecule has 114 valence electrons. The Kier molecular flexibility index (Phi) is 3.38. The van der Waals surface area contributed by atoms with Gasteiger partial charge in [-0.1, -0.05) is 30.3 Å². The van der Waals surface area contributed by atoms with E-state index in [0.29, 0.717) is 24.6 Å². The first-order valence-electron chi connectivity index (χ1n) is 7.71. The van der Waals surface area contributed by atoms with E-state index in [9.17, 15) is 4.79 Å². The monoisotopic (exact) mass is 298 g/mol. The van der Waals surface area contributed by atoms with Crippen molar-refractivity contribution in [1.82, 2.24) is 20.3 Å². The van der Waals surface area contributed by atoms with Crippen molar-refractivity contribution < 1.29 is 9.53 Å². The zero-order valence-electron chi connectivity index (χ0n) is 12.2. The molecule has 2 saturated heterocycles. The molecular formula is C16H18N4O2. The minimum absolute atomic E-state index is 0.0365. The number of fused-ring (bicyclic) bond motifs is 2. The Morgan fingerprint density at radius 3 is 2.59 bits per heavy atom. The second-order valence-corrected chi connectivity index (χ2v) is 5.88. The lowest BCUT2D eigenvalue weighted by atomic mass is 9.93. The van der Waals surface area contributed by atoms with Crippen LogP contribution in [0.3, 0.4) is 0 Å². The van der Waals surface area contributed by atoms with E-state index in [2.05, 4.69) is 15.4 Å². The molecule has 2 bridgehead atoms. The summed E-state index contributed by atoms with van der Waals surface area (Å²) in [6, 6.07) is 10.0. The van der Waals surface area contributed by atoms with Gasteiger partial charge in [-0.05, 0) is 19.3 Å². The van der Waals surface area contributed by atoms with E-state index in [4.69, 9.17) is 4.74 Å². The summed E-state index contributed by atoms with van der Waals surface area (Å²) in [5, 5.41) is 10.9. The molecule has 1 amide bonds. The number of aromatic nitrogens is 3. The predicted octanol–water partition coefficient (Wildman–Crippen LogP) is 1.87. The van der Waals surface area contributed by atoms with E-state index in [-0.39, 0.29) is 18.0 Å². The van der Waals surface area contributed by atoms with Crippen LogP contribution in [0.5, 0.6) is 0 Å². The van der Waals surface area contributed by atoms with Crippen molar-refractivity contribution in [3.63, 3.8) is 0 Å². The zero-order chi connectivity index (χ0) is 14.9. The van der Waals surface area contributed by atoms with Gasteiger partial charge in [0.15, 0.2) is 5.69 Å². The van der Waals surface area contributed by atoms with Crippen LogP contribution in [0.15, 0.2) is 30.3 Å². The Hall–Kier alpha value is -2.21. The first-order valence-corrected chi connectivity index (χ1v) is 7.71. The quantitative estimate of drug-likeness (QED) is 0.918. The maximum Gasteiger partial charge on any atom is 0.277 e. The van der Waals surface area contributed by atoms with Crippen molar-refractivity contribution in [2.45, 2.75) is 31.3 Å². The van der Waals surface area contributed by atoms with Crippen LogP contribution in [0.25, 0.3) is 11.3 Å². The molecule has 1 aromatic heterocycles. The maximum absolute atomic E-state index is 13.0. The normalized spacial score (nSPS) is 24.3. The molecule has 6 heteroatoms. The minimum atomic E-state index is -0.0365. The lowest BCUT2D eigenvalue weighted by molar-refractivity contribution is -0.0567. The third-order valence-corrected chi connectivity index (χ3v) is 4.51. The third kappa shape index (κ3) is 2.20. The van der Waals surface area contributed by atoms with Crippen LogP contribution in [-0.4, -0.2) is 51.5 Å². The molecule has 3 heterocycles. The average Bonchev–Trinajstić information content (AvgIpc) is 3.04. The number of hydrogen-bond donors (Lipinski definition) is 1. The molecule has 4 rings (SSSR count). The lowest BCUT2D eigenvalue weighted by Gasteiger charge is -2.45. The van der Waals surface area contributed by atoms with Gasteiger partial charge >= 0.3 is 0 Å². The number of carbonyl (C=O) groups is 1. The van der Waals surface area contributed by atoms with Crippen molar-refractivity contribution in [2.75, 3.05) is 13.2 Å². The fraction of sp³-hybridized carbons (Fsp3) is 0.438. The SMILES string of the molecule is O=C(c1n[nH]nc1-c1ccccc1)N1C2CCCC1COC2. The lowest BCUT2D eigenvalue weighted by Crippen LogP contribution is -2.57. The van der Waals surface area contributed by atoms with Crippen LogP contribution in [0.2, 0.25) is 0 Å². The summed E-state index contributed by atoms with van der Waals surface area (Å²) >= 11 is 0. The highest BCUT2D eigenvalue weighted by Crippen LogP contribution is 2.30. The van der Waals surface area contributed by atoms with Gasteiger partial charge in [-0.3, -0.25) is 4.79 Å². The van der Waals surface area contributed by atoms with Crippen molar-refractivity contribution >= 4 is 5.91 Å². The smallest absolute Gasteiger partial charge is 0.277 e. The van der Waals surface area contributed by atoms with Crippen LogP contribution in [0, 0.1) is 0 Å². The van der Waals surface area contributed by atoms with E-state index in [0.717, 1.165) is 24.8 Å². The number of morpholine rings is 1. The second-order valence-electron chi connectivity index (χ2n) is 5.88. The zero-order valence-corrected chi connectivity index (χ0v) is 12.2. The molecule has 6 nitrogen and oxygen atoms in total. The molecule has 2 aromatic rings. The predicted molar refractivity (Wildman–Crippen MR) is 80.2 cm³/mol. The average molecular weight is 298 g/mol. The van der Waals surface area contributed by atoms with Crippen molar-refractivity contribution in [2.24, 2.45) is 0 Å². The highest BCUT2D eigenvalue weighted by Gasteiger charge is 2.39. The third-order valence-electron chi connectivity index (χ3n) is 4.51. The van der Waals surface area contributed by atoms with E-state index < -0.39 is 0 Å². The number of piperidine rings is 1. The standard InChI is InChI=1S/C16H18N4O2/c21-16(20-12-7-4-8-13(20)10-22-9-12)15-14(17-19-18-15)11-5-2-1-3-6-11/h1-3,5-6,12-13H,4,7-10H2,(H,17,18,19). The number of aromatic amines is 1. The Morgan fingerprint density at radius 2 is 1.86 bits per heavy atom. The van der Waals surface area contributed by atoms with Gasteiger partial charge in [0, 0.05) is 5.56 Å². The topological polar surface area (TPSA) is 71.1 Å². The molecule has 22 heavy (non-hydrogen) atoms. The molecule has 1 N–H and O–H groups in total. The summed E-state index contributed by atoms with van der Waals surface area (Å²) in [6.45, 7) is 1.25. The van der Waals surface area contributed by atoms with Gasteiger partial charge in [0.25, 0.3) is 5.91 Å². The van der Waals surface area contributed by atoms with Crippen molar-refractivity contribution in [1.29, 1.82) is 0 Å². The van der Waals surface area contributed by atoms with Crippen LogP contribution >= 0.6 is 0 Å². The number of ether oxygens (including phenoxy) is 1. The number of amides is 1. The van der Waals surface area contributed by atoms with Gasteiger partial charge in [-0.2, -0.15) is 15.4 Å². The van der Waals surface area contributed by atoms with Crippen LogP contribution < -0.4 is 0 Å². The van der Waals surface area contributed by atoms with Crippen LogP contribution in [0.4, 0.5) is 0 Å². The van der Waals surface area contributed by atoms with E-state index in [1.54, 1.807) is 0 Å². The molecule has 0 saturated carbocycles. The summed E-state index contributed by atoms with van der Waals surface area (Å²) in [4.78, 5) is 15.0. The Balaban J connectivity index is 1.68. The molecule has 2 unspecified atom stereocenters. The van der Waals surface area contributed by atoms with Gasteiger partial charge in [0.05, 0.1) is 25.3 Å². The Labute approximate surface area is 128 Å². The first kappa shape index (κ1) is 13.5. The van der Waals surface area contributed by atoms with Crippen LogP contribution in [-0.2, 0) is 4.74 Å². The summed E-state index contributed by atoms with van der Waals surface area (Å²) in [7, 11) is 0. The second kappa shape index (κ2) is 5.53.